The lowest BCUT2D eigenvalue weighted by Crippen LogP contribution is -2.18. The van der Waals surface area contributed by atoms with Crippen molar-refractivity contribution in [1.29, 1.82) is 0 Å². The lowest BCUT2D eigenvalue weighted by atomic mass is 10.1. The van der Waals surface area contributed by atoms with E-state index in [0.29, 0.717) is 0 Å². The number of carbonyl (C=O) groups is 2. The molecule has 13 heteroatoms. The van der Waals surface area contributed by atoms with Crippen LogP contribution in [0.4, 0.5) is 27.8 Å². The minimum absolute atomic E-state index is 0.0763. The van der Waals surface area contributed by atoms with E-state index >= 15 is 0 Å². The molecule has 7 nitrogen and oxygen atoms in total. The molecule has 0 saturated carbocycles. The summed E-state index contributed by atoms with van der Waals surface area (Å²) in [5.41, 5.74) is 0.408. The molecule has 3 aromatic heterocycles. The first-order valence-electron chi connectivity index (χ1n) is 10.7. The summed E-state index contributed by atoms with van der Waals surface area (Å²) < 4.78 is 54.4. The average molecular weight is 556 g/mol. The van der Waals surface area contributed by atoms with Gasteiger partial charge >= 0.3 is 0 Å². The number of thiazole rings is 2. The van der Waals surface area contributed by atoms with Gasteiger partial charge in [0.15, 0.2) is 10.3 Å². The van der Waals surface area contributed by atoms with Crippen molar-refractivity contribution < 1.29 is 27.2 Å². The molecule has 0 atom stereocenters. The molecular formula is C25H13F4N5O2S2. The smallest absolute Gasteiger partial charge is 0.276 e. The lowest BCUT2D eigenvalue weighted by Gasteiger charge is -2.05. The van der Waals surface area contributed by atoms with Crippen molar-refractivity contribution in [3.05, 3.63) is 100 Å². The highest BCUT2D eigenvalue weighted by atomic mass is 32.1. The molecule has 190 valence electrons. The third-order valence-electron chi connectivity index (χ3n) is 5.08. The largest absolute Gasteiger partial charge is 0.296 e. The van der Waals surface area contributed by atoms with Crippen LogP contribution in [0.5, 0.6) is 0 Å². The average Bonchev–Trinajstić information content (AvgIpc) is 3.54. The van der Waals surface area contributed by atoms with Crippen LogP contribution in [-0.2, 0) is 0 Å². The summed E-state index contributed by atoms with van der Waals surface area (Å²) in [5.74, 6) is -4.34. The Kier molecular flexibility index (Phi) is 6.94. The maximum Gasteiger partial charge on any atom is 0.276 e. The molecule has 3 heterocycles. The molecule has 0 saturated heterocycles. The summed E-state index contributed by atoms with van der Waals surface area (Å²) in [7, 11) is 0. The van der Waals surface area contributed by atoms with Crippen molar-refractivity contribution >= 4 is 44.8 Å². The van der Waals surface area contributed by atoms with E-state index < -0.39 is 35.1 Å². The van der Waals surface area contributed by atoms with Crippen LogP contribution < -0.4 is 10.6 Å². The number of halogens is 4. The number of hydrogen-bond donors (Lipinski definition) is 2. The molecule has 0 radical (unpaired) electrons. The predicted molar refractivity (Wildman–Crippen MR) is 135 cm³/mol. The summed E-state index contributed by atoms with van der Waals surface area (Å²) >= 11 is 2.06. The van der Waals surface area contributed by atoms with Gasteiger partial charge in [-0.05, 0) is 36.4 Å². The zero-order chi connectivity index (χ0) is 26.8. The molecule has 0 bridgehead atoms. The van der Waals surface area contributed by atoms with E-state index in [0.717, 1.165) is 46.9 Å². The molecule has 2 aromatic carbocycles. The SMILES string of the molecule is O=C(Nc1nc(-c2ccc(F)cc2F)cs1)c1cccc(C(=O)Nc2nc(-c3ccc(F)cc3F)cs2)n1. The predicted octanol–water partition coefficient (Wildman–Crippen LogP) is 6.39. The maximum atomic E-state index is 14.0. The Hall–Kier alpha value is -4.49. The van der Waals surface area contributed by atoms with E-state index in [4.69, 9.17) is 0 Å². The number of nitrogens with one attached hydrogen (secondary N) is 2. The standard InChI is InChI=1S/C25H13F4N5O2S2/c26-12-4-6-14(16(28)8-12)20-10-37-24(31-20)33-22(35)18-2-1-3-19(30-18)23(36)34-25-32-21(11-38-25)15-7-5-13(27)9-17(15)29/h1-11H,(H,31,33,35)(H,32,34,36). The Bertz CT molecular complexity index is 1570. The molecular weight excluding hydrogens is 542 g/mol. The van der Waals surface area contributed by atoms with Crippen molar-refractivity contribution in [2.24, 2.45) is 0 Å². The number of carbonyl (C=O) groups excluding carboxylic acids is 2. The fourth-order valence-corrected chi connectivity index (χ4v) is 4.73. The van der Waals surface area contributed by atoms with Gasteiger partial charge in [-0.3, -0.25) is 20.2 Å². The summed E-state index contributed by atoms with van der Waals surface area (Å²) in [4.78, 5) is 37.7. The summed E-state index contributed by atoms with van der Waals surface area (Å²) in [6.07, 6.45) is 0. The Morgan fingerprint density at radius 1 is 0.632 bits per heavy atom. The van der Waals surface area contributed by atoms with Gasteiger partial charge in [0.25, 0.3) is 11.8 Å². The molecule has 5 aromatic rings. The van der Waals surface area contributed by atoms with Crippen LogP contribution in [0.3, 0.4) is 0 Å². The van der Waals surface area contributed by atoms with Gasteiger partial charge in [0.1, 0.15) is 34.7 Å². The molecule has 2 N–H and O–H groups in total. The number of hydrogen-bond acceptors (Lipinski definition) is 7. The Labute approximate surface area is 219 Å². The third-order valence-corrected chi connectivity index (χ3v) is 6.59. The normalized spacial score (nSPS) is 10.8. The second-order valence-corrected chi connectivity index (χ2v) is 9.36. The zero-order valence-electron chi connectivity index (χ0n) is 18.8. The van der Waals surface area contributed by atoms with Crippen LogP contribution in [0, 0.1) is 23.3 Å². The number of aromatic nitrogens is 3. The summed E-state index contributed by atoms with van der Waals surface area (Å²) in [6.45, 7) is 0. The van der Waals surface area contributed by atoms with Crippen LogP contribution in [-0.4, -0.2) is 26.8 Å². The molecule has 0 fully saturated rings. The molecule has 2 amide bonds. The Morgan fingerprint density at radius 2 is 1.08 bits per heavy atom. The van der Waals surface area contributed by atoms with Gasteiger partial charge in [-0.2, -0.15) is 0 Å². The fraction of sp³-hybridized carbons (Fsp3) is 0. The van der Waals surface area contributed by atoms with E-state index in [2.05, 4.69) is 25.6 Å². The van der Waals surface area contributed by atoms with Crippen LogP contribution >= 0.6 is 22.7 Å². The number of pyridine rings is 1. The monoisotopic (exact) mass is 555 g/mol. The fourth-order valence-electron chi connectivity index (χ4n) is 3.31. The van der Waals surface area contributed by atoms with Crippen molar-refractivity contribution in [3.63, 3.8) is 0 Å². The molecule has 0 aliphatic heterocycles. The lowest BCUT2D eigenvalue weighted by molar-refractivity contribution is 0.101. The third kappa shape index (κ3) is 5.43. The summed E-state index contributed by atoms with van der Waals surface area (Å²) in [6, 6.07) is 10.4. The molecule has 5 rings (SSSR count). The minimum atomic E-state index is -0.788. The number of anilines is 2. The van der Waals surface area contributed by atoms with E-state index in [1.165, 1.54) is 41.1 Å². The summed E-state index contributed by atoms with van der Waals surface area (Å²) in [5, 5.41) is 8.36. The second kappa shape index (κ2) is 10.5. The number of amides is 2. The van der Waals surface area contributed by atoms with E-state index in [9.17, 15) is 27.2 Å². The number of rotatable bonds is 6. The minimum Gasteiger partial charge on any atom is -0.296 e. The first kappa shape index (κ1) is 25.2. The van der Waals surface area contributed by atoms with Crippen LogP contribution in [0.2, 0.25) is 0 Å². The number of nitrogens with zero attached hydrogens (tertiary/aromatic N) is 3. The van der Waals surface area contributed by atoms with Crippen molar-refractivity contribution in [2.75, 3.05) is 10.6 Å². The molecule has 0 aliphatic rings. The van der Waals surface area contributed by atoms with Gasteiger partial charge in [0.2, 0.25) is 0 Å². The van der Waals surface area contributed by atoms with Gasteiger partial charge in [-0.25, -0.2) is 32.5 Å². The molecule has 0 spiro atoms. The second-order valence-electron chi connectivity index (χ2n) is 7.64. The highest BCUT2D eigenvalue weighted by molar-refractivity contribution is 7.14. The Balaban J connectivity index is 1.27. The molecule has 0 aliphatic carbocycles. The molecule has 0 unspecified atom stereocenters. The Morgan fingerprint density at radius 3 is 1.50 bits per heavy atom. The van der Waals surface area contributed by atoms with Gasteiger partial charge in [-0.15, -0.1) is 22.7 Å². The quantitative estimate of drug-likeness (QED) is 0.237. The van der Waals surface area contributed by atoms with Crippen LogP contribution in [0.15, 0.2) is 65.4 Å². The highest BCUT2D eigenvalue weighted by Gasteiger charge is 2.17. The molecule has 38 heavy (non-hydrogen) atoms. The highest BCUT2D eigenvalue weighted by Crippen LogP contribution is 2.29. The van der Waals surface area contributed by atoms with Crippen molar-refractivity contribution in [3.8, 4) is 22.5 Å². The van der Waals surface area contributed by atoms with Crippen molar-refractivity contribution in [2.45, 2.75) is 0 Å². The van der Waals surface area contributed by atoms with E-state index in [1.54, 1.807) is 0 Å². The van der Waals surface area contributed by atoms with E-state index in [1.807, 2.05) is 0 Å². The van der Waals surface area contributed by atoms with Gasteiger partial charge in [0.05, 0.1) is 11.4 Å². The van der Waals surface area contributed by atoms with Gasteiger partial charge in [0, 0.05) is 34.0 Å². The van der Waals surface area contributed by atoms with E-state index in [-0.39, 0.29) is 44.2 Å². The van der Waals surface area contributed by atoms with Crippen LogP contribution in [0.25, 0.3) is 22.5 Å². The first-order valence-corrected chi connectivity index (χ1v) is 12.4. The van der Waals surface area contributed by atoms with Crippen LogP contribution in [0.1, 0.15) is 21.0 Å². The van der Waals surface area contributed by atoms with Gasteiger partial charge in [-0.1, -0.05) is 6.07 Å². The first-order chi connectivity index (χ1) is 18.3. The van der Waals surface area contributed by atoms with Gasteiger partial charge < -0.3 is 0 Å². The zero-order valence-corrected chi connectivity index (χ0v) is 20.5. The topological polar surface area (TPSA) is 96.9 Å². The maximum absolute atomic E-state index is 14.0. The van der Waals surface area contributed by atoms with Crippen molar-refractivity contribution in [1.82, 2.24) is 15.0 Å². The number of benzene rings is 2.